The SMILES string of the molecule is Cc1cc(C(=O)NCCOCC(F)F)ccc1C#CCN. The van der Waals surface area contributed by atoms with Crippen molar-refractivity contribution in [1.29, 1.82) is 0 Å². The van der Waals surface area contributed by atoms with E-state index >= 15 is 0 Å². The maximum absolute atomic E-state index is 11.8. The second-order valence-electron chi connectivity index (χ2n) is 4.26. The molecule has 6 heteroatoms. The number of aryl methyl sites for hydroxylation is 1. The minimum Gasteiger partial charge on any atom is -0.374 e. The Kier molecular flexibility index (Phi) is 7.37. The van der Waals surface area contributed by atoms with Gasteiger partial charge in [0.05, 0.1) is 13.2 Å². The Morgan fingerprint density at radius 2 is 2.24 bits per heavy atom. The average molecular weight is 296 g/mol. The van der Waals surface area contributed by atoms with Crippen LogP contribution in [0.4, 0.5) is 8.78 Å². The molecule has 21 heavy (non-hydrogen) atoms. The molecule has 0 saturated heterocycles. The monoisotopic (exact) mass is 296 g/mol. The molecule has 0 aromatic heterocycles. The number of carbonyl (C=O) groups is 1. The number of nitrogens with two attached hydrogens (primary N) is 1. The van der Waals surface area contributed by atoms with Gasteiger partial charge >= 0.3 is 0 Å². The molecule has 0 aliphatic heterocycles. The van der Waals surface area contributed by atoms with Crippen LogP contribution >= 0.6 is 0 Å². The number of amides is 1. The van der Waals surface area contributed by atoms with Crippen molar-refractivity contribution in [2.45, 2.75) is 13.3 Å². The Labute approximate surface area is 122 Å². The molecule has 1 amide bonds. The molecule has 3 N–H and O–H groups in total. The summed E-state index contributed by atoms with van der Waals surface area (Å²) in [6, 6.07) is 5.12. The molecule has 0 fully saturated rings. The third-order valence-corrected chi connectivity index (χ3v) is 2.59. The van der Waals surface area contributed by atoms with Gasteiger partial charge in [-0.3, -0.25) is 4.79 Å². The molecule has 1 aromatic rings. The van der Waals surface area contributed by atoms with Crippen LogP contribution in [0.3, 0.4) is 0 Å². The fraction of sp³-hybridized carbons (Fsp3) is 0.400. The summed E-state index contributed by atoms with van der Waals surface area (Å²) in [6.07, 6.45) is -2.49. The van der Waals surface area contributed by atoms with Crippen LogP contribution in [0, 0.1) is 18.8 Å². The van der Waals surface area contributed by atoms with E-state index in [4.69, 9.17) is 5.73 Å². The molecule has 0 bridgehead atoms. The predicted molar refractivity (Wildman–Crippen MR) is 76.3 cm³/mol. The maximum atomic E-state index is 11.8. The maximum Gasteiger partial charge on any atom is 0.261 e. The van der Waals surface area contributed by atoms with Crippen LogP contribution in [-0.2, 0) is 4.74 Å². The second-order valence-corrected chi connectivity index (χ2v) is 4.26. The molecule has 0 radical (unpaired) electrons. The topological polar surface area (TPSA) is 64.3 Å². The highest BCUT2D eigenvalue weighted by molar-refractivity contribution is 5.94. The van der Waals surface area contributed by atoms with Crippen LogP contribution in [-0.4, -0.2) is 38.6 Å². The van der Waals surface area contributed by atoms with E-state index in [1.54, 1.807) is 18.2 Å². The lowest BCUT2D eigenvalue weighted by Gasteiger charge is -2.07. The fourth-order valence-corrected chi connectivity index (χ4v) is 1.60. The van der Waals surface area contributed by atoms with Crippen LogP contribution in [0.5, 0.6) is 0 Å². The van der Waals surface area contributed by atoms with Gasteiger partial charge in [-0.05, 0) is 30.7 Å². The molecule has 0 aliphatic rings. The lowest BCUT2D eigenvalue weighted by Crippen LogP contribution is -2.27. The quantitative estimate of drug-likeness (QED) is 0.614. The summed E-state index contributed by atoms with van der Waals surface area (Å²) < 4.78 is 28.3. The Morgan fingerprint density at radius 3 is 2.86 bits per heavy atom. The van der Waals surface area contributed by atoms with Crippen molar-refractivity contribution in [1.82, 2.24) is 5.32 Å². The number of hydrogen-bond acceptors (Lipinski definition) is 3. The summed E-state index contributed by atoms with van der Waals surface area (Å²) in [6.45, 7) is 1.74. The van der Waals surface area contributed by atoms with E-state index in [2.05, 4.69) is 21.9 Å². The van der Waals surface area contributed by atoms with E-state index < -0.39 is 13.0 Å². The number of rotatable bonds is 6. The molecule has 0 heterocycles. The van der Waals surface area contributed by atoms with Gasteiger partial charge in [0.15, 0.2) is 0 Å². The average Bonchev–Trinajstić information content (AvgIpc) is 2.45. The molecular formula is C15H18F2N2O2. The van der Waals surface area contributed by atoms with Crippen LogP contribution in [0.15, 0.2) is 18.2 Å². The molecule has 1 rings (SSSR count). The van der Waals surface area contributed by atoms with E-state index in [0.717, 1.165) is 11.1 Å². The molecule has 0 saturated carbocycles. The highest BCUT2D eigenvalue weighted by Crippen LogP contribution is 2.10. The number of benzene rings is 1. The second kappa shape index (κ2) is 9.06. The molecule has 0 spiro atoms. The number of alkyl halides is 2. The van der Waals surface area contributed by atoms with Crippen LogP contribution in [0.25, 0.3) is 0 Å². The largest absolute Gasteiger partial charge is 0.374 e. The third kappa shape index (κ3) is 6.34. The molecule has 0 unspecified atom stereocenters. The van der Waals surface area contributed by atoms with Gasteiger partial charge in [-0.15, -0.1) is 0 Å². The number of nitrogens with one attached hydrogen (secondary N) is 1. The normalized spacial score (nSPS) is 10.1. The zero-order chi connectivity index (χ0) is 15.7. The zero-order valence-corrected chi connectivity index (χ0v) is 11.8. The Bertz CT molecular complexity index is 536. The summed E-state index contributed by atoms with van der Waals surface area (Å²) >= 11 is 0. The van der Waals surface area contributed by atoms with Crippen molar-refractivity contribution >= 4 is 5.91 Å². The van der Waals surface area contributed by atoms with E-state index in [1.165, 1.54) is 0 Å². The van der Waals surface area contributed by atoms with Crippen LogP contribution in [0.1, 0.15) is 21.5 Å². The molecule has 114 valence electrons. The van der Waals surface area contributed by atoms with E-state index in [9.17, 15) is 13.6 Å². The van der Waals surface area contributed by atoms with Gasteiger partial charge in [0.2, 0.25) is 0 Å². The van der Waals surface area contributed by atoms with Gasteiger partial charge in [-0.25, -0.2) is 8.78 Å². The van der Waals surface area contributed by atoms with Crippen LogP contribution in [0.2, 0.25) is 0 Å². The van der Waals surface area contributed by atoms with Gasteiger partial charge in [0, 0.05) is 17.7 Å². The smallest absolute Gasteiger partial charge is 0.261 e. The van der Waals surface area contributed by atoms with Gasteiger partial charge in [-0.2, -0.15) is 0 Å². The van der Waals surface area contributed by atoms with Crippen molar-refractivity contribution in [3.8, 4) is 11.8 Å². The highest BCUT2D eigenvalue weighted by Gasteiger charge is 2.07. The van der Waals surface area contributed by atoms with Gasteiger partial charge in [-0.1, -0.05) is 11.8 Å². The number of carbonyl (C=O) groups excluding carboxylic acids is 1. The fourth-order valence-electron chi connectivity index (χ4n) is 1.60. The van der Waals surface area contributed by atoms with Crippen molar-refractivity contribution in [3.05, 3.63) is 34.9 Å². The summed E-state index contributed by atoms with van der Waals surface area (Å²) in [5, 5.41) is 2.60. The summed E-state index contributed by atoms with van der Waals surface area (Å²) in [4.78, 5) is 11.8. The Morgan fingerprint density at radius 1 is 1.48 bits per heavy atom. The summed E-state index contributed by atoms with van der Waals surface area (Å²) in [5.74, 6) is 5.38. The first-order chi connectivity index (χ1) is 10.0. The number of ether oxygens (including phenoxy) is 1. The standard InChI is InChI=1S/C15H18F2N2O2/c1-11-9-13(5-4-12(11)3-2-6-18)15(20)19-7-8-21-10-14(16)17/h4-5,9,14H,6-8,10,18H2,1H3,(H,19,20). The highest BCUT2D eigenvalue weighted by atomic mass is 19.3. The first-order valence-electron chi connectivity index (χ1n) is 6.48. The molecule has 4 nitrogen and oxygen atoms in total. The van der Waals surface area contributed by atoms with E-state index in [1.807, 2.05) is 6.92 Å². The molecule has 1 aromatic carbocycles. The van der Waals surface area contributed by atoms with Crippen molar-refractivity contribution in [3.63, 3.8) is 0 Å². The lowest BCUT2D eigenvalue weighted by molar-refractivity contribution is 0.0188. The minimum absolute atomic E-state index is 0.0507. The molecule has 0 aliphatic carbocycles. The van der Waals surface area contributed by atoms with Crippen molar-refractivity contribution in [2.24, 2.45) is 5.73 Å². The number of hydrogen-bond donors (Lipinski definition) is 2. The van der Waals surface area contributed by atoms with Gasteiger partial charge in [0.25, 0.3) is 12.3 Å². The van der Waals surface area contributed by atoms with Gasteiger partial charge < -0.3 is 15.8 Å². The number of halogens is 2. The summed E-state index contributed by atoms with van der Waals surface area (Å²) in [5.41, 5.74) is 7.48. The third-order valence-electron chi connectivity index (χ3n) is 2.59. The van der Waals surface area contributed by atoms with E-state index in [-0.39, 0.29) is 25.6 Å². The first kappa shape index (κ1) is 17.1. The predicted octanol–water partition coefficient (Wildman–Crippen LogP) is 1.32. The van der Waals surface area contributed by atoms with Crippen molar-refractivity contribution in [2.75, 3.05) is 26.3 Å². The lowest BCUT2D eigenvalue weighted by atomic mass is 10.0. The van der Waals surface area contributed by atoms with Crippen LogP contribution < -0.4 is 11.1 Å². The Balaban J connectivity index is 2.49. The Hall–Kier alpha value is -1.97. The van der Waals surface area contributed by atoms with Gasteiger partial charge in [0.1, 0.15) is 6.61 Å². The van der Waals surface area contributed by atoms with Crippen molar-refractivity contribution < 1.29 is 18.3 Å². The molecular weight excluding hydrogens is 278 g/mol. The molecule has 0 atom stereocenters. The minimum atomic E-state index is -2.49. The first-order valence-corrected chi connectivity index (χ1v) is 6.48. The zero-order valence-electron chi connectivity index (χ0n) is 11.8. The summed E-state index contributed by atoms with van der Waals surface area (Å²) in [7, 11) is 0. The van der Waals surface area contributed by atoms with E-state index in [0.29, 0.717) is 5.56 Å².